The highest BCUT2D eigenvalue weighted by Gasteiger charge is 2.16. The first kappa shape index (κ1) is 12.4. The van der Waals surface area contributed by atoms with Gasteiger partial charge in [-0.2, -0.15) is 0 Å². The van der Waals surface area contributed by atoms with Crippen molar-refractivity contribution in [2.24, 2.45) is 0 Å². The number of phosphoric ester groups is 1. The van der Waals surface area contributed by atoms with Crippen LogP contribution in [0.1, 0.15) is 26.2 Å². The number of hydrogen-bond donors (Lipinski definition) is 2. The number of hydrogen-bond acceptors (Lipinski definition) is 2. The fourth-order valence-corrected chi connectivity index (χ4v) is 1.37. The van der Waals surface area contributed by atoms with E-state index >= 15 is 0 Å². The molecule has 0 amide bonds. The molecule has 12 heavy (non-hydrogen) atoms. The van der Waals surface area contributed by atoms with Crippen LogP contribution < -0.4 is 0 Å². The van der Waals surface area contributed by atoms with Crippen LogP contribution in [0.4, 0.5) is 0 Å². The normalized spacial score (nSPS) is 14.7. The molecule has 2 N–H and O–H groups in total. The summed E-state index contributed by atoms with van der Waals surface area (Å²) in [4.78, 5) is 16.6. The number of rotatable bonds is 6. The molecule has 0 rings (SSSR count). The minimum Gasteiger partial charge on any atom is -0.303 e. The van der Waals surface area contributed by atoms with Crippen molar-refractivity contribution in [1.82, 2.24) is 0 Å². The molecular formula is C6H14ClO4P. The fourth-order valence-electron chi connectivity index (χ4n) is 0.687. The molecule has 1 unspecified atom stereocenters. The van der Waals surface area contributed by atoms with Crippen LogP contribution in [0.2, 0.25) is 0 Å². The molecule has 0 spiro atoms. The number of unbranched alkanes of at least 4 members (excludes halogenated alkanes) is 1. The molecule has 0 aromatic heterocycles. The Bertz CT molecular complexity index is 158. The maximum absolute atomic E-state index is 10.2. The summed E-state index contributed by atoms with van der Waals surface area (Å²) in [5, 5.41) is -0.308. The third-order valence-corrected chi connectivity index (χ3v) is 2.12. The van der Waals surface area contributed by atoms with Crippen molar-refractivity contribution in [2.45, 2.75) is 31.6 Å². The van der Waals surface area contributed by atoms with E-state index in [2.05, 4.69) is 4.52 Å². The van der Waals surface area contributed by atoms with Crippen molar-refractivity contribution < 1.29 is 18.9 Å². The predicted molar refractivity (Wildman–Crippen MR) is 47.2 cm³/mol. The molecule has 0 aromatic rings. The topological polar surface area (TPSA) is 66.8 Å². The minimum atomic E-state index is -4.34. The van der Waals surface area contributed by atoms with E-state index in [0.717, 1.165) is 19.3 Å². The molecule has 0 heterocycles. The molecule has 4 nitrogen and oxygen atoms in total. The van der Waals surface area contributed by atoms with Gasteiger partial charge < -0.3 is 9.79 Å². The Balaban J connectivity index is 3.44. The largest absolute Gasteiger partial charge is 0.469 e. The summed E-state index contributed by atoms with van der Waals surface area (Å²) in [6.45, 7) is 1.93. The fraction of sp³-hybridized carbons (Fsp3) is 1.00. The lowest BCUT2D eigenvalue weighted by molar-refractivity contribution is 0.195. The van der Waals surface area contributed by atoms with E-state index in [9.17, 15) is 4.57 Å². The predicted octanol–water partition coefficient (Wildman–Crippen LogP) is 1.89. The van der Waals surface area contributed by atoms with E-state index in [0.29, 0.717) is 0 Å². The summed E-state index contributed by atoms with van der Waals surface area (Å²) in [7, 11) is -4.34. The smallest absolute Gasteiger partial charge is 0.303 e. The number of alkyl halides is 1. The lowest BCUT2D eigenvalue weighted by Gasteiger charge is -2.09. The standard InChI is InChI=1S/C6H14ClO4P/c1-2-3-4-6(7)5-11-12(8,9)10/h6H,2-5H2,1H3,(H2,8,9,10). The van der Waals surface area contributed by atoms with Crippen molar-refractivity contribution in [3.05, 3.63) is 0 Å². The highest BCUT2D eigenvalue weighted by atomic mass is 35.5. The summed E-state index contributed by atoms with van der Waals surface area (Å²) in [6.07, 6.45) is 2.68. The monoisotopic (exact) mass is 216 g/mol. The average molecular weight is 217 g/mol. The SMILES string of the molecule is CCCCC(Cl)COP(=O)(O)O. The molecule has 0 saturated carbocycles. The molecule has 0 saturated heterocycles. The van der Waals surface area contributed by atoms with Gasteiger partial charge in [-0.15, -0.1) is 11.6 Å². The van der Waals surface area contributed by atoms with Gasteiger partial charge in [0.2, 0.25) is 0 Å². The average Bonchev–Trinajstić information content (AvgIpc) is 1.95. The van der Waals surface area contributed by atoms with Crippen molar-refractivity contribution in [1.29, 1.82) is 0 Å². The summed E-state index contributed by atoms with van der Waals surface area (Å²) >= 11 is 5.70. The Morgan fingerprint density at radius 3 is 2.58 bits per heavy atom. The first-order chi connectivity index (χ1) is 5.45. The second-order valence-corrected chi connectivity index (χ2v) is 4.38. The first-order valence-corrected chi connectivity index (χ1v) is 5.76. The van der Waals surface area contributed by atoms with Gasteiger partial charge in [0.15, 0.2) is 0 Å². The van der Waals surface area contributed by atoms with Crippen molar-refractivity contribution in [3.63, 3.8) is 0 Å². The quantitative estimate of drug-likeness (QED) is 0.526. The van der Waals surface area contributed by atoms with Gasteiger partial charge >= 0.3 is 7.82 Å². The van der Waals surface area contributed by atoms with Gasteiger partial charge in [0, 0.05) is 0 Å². The van der Waals surface area contributed by atoms with Gasteiger partial charge in [-0.25, -0.2) is 4.57 Å². The summed E-state index contributed by atoms with van der Waals surface area (Å²) in [6, 6.07) is 0. The van der Waals surface area contributed by atoms with Gasteiger partial charge in [-0.1, -0.05) is 19.8 Å². The lowest BCUT2D eigenvalue weighted by atomic mass is 10.2. The van der Waals surface area contributed by atoms with E-state index in [1.807, 2.05) is 6.92 Å². The second-order valence-electron chi connectivity index (χ2n) is 2.53. The third kappa shape index (κ3) is 8.50. The van der Waals surface area contributed by atoms with Crippen LogP contribution in [0.5, 0.6) is 0 Å². The minimum absolute atomic E-state index is 0.0914. The Morgan fingerprint density at radius 2 is 2.17 bits per heavy atom. The van der Waals surface area contributed by atoms with Gasteiger partial charge in [-0.05, 0) is 6.42 Å². The lowest BCUT2D eigenvalue weighted by Crippen LogP contribution is -2.07. The summed E-state index contributed by atoms with van der Waals surface area (Å²) in [5.74, 6) is 0. The Hall–Kier alpha value is 0.400. The molecule has 0 aliphatic carbocycles. The van der Waals surface area contributed by atoms with E-state index in [1.165, 1.54) is 0 Å². The highest BCUT2D eigenvalue weighted by molar-refractivity contribution is 7.46. The second kappa shape index (κ2) is 5.95. The molecule has 0 aliphatic rings. The molecule has 74 valence electrons. The highest BCUT2D eigenvalue weighted by Crippen LogP contribution is 2.36. The Morgan fingerprint density at radius 1 is 1.58 bits per heavy atom. The van der Waals surface area contributed by atoms with Crippen molar-refractivity contribution in [2.75, 3.05) is 6.61 Å². The molecule has 0 bridgehead atoms. The van der Waals surface area contributed by atoms with Gasteiger partial charge in [0.05, 0.1) is 12.0 Å². The van der Waals surface area contributed by atoms with E-state index in [-0.39, 0.29) is 12.0 Å². The van der Waals surface area contributed by atoms with Crippen LogP contribution >= 0.6 is 19.4 Å². The Labute approximate surface area is 77.1 Å². The zero-order valence-corrected chi connectivity index (χ0v) is 8.59. The van der Waals surface area contributed by atoms with Gasteiger partial charge in [-0.3, -0.25) is 4.52 Å². The first-order valence-electron chi connectivity index (χ1n) is 3.80. The zero-order chi connectivity index (χ0) is 9.61. The van der Waals surface area contributed by atoms with Crippen LogP contribution in [0.15, 0.2) is 0 Å². The third-order valence-electron chi connectivity index (χ3n) is 1.29. The number of phosphoric acid groups is 1. The summed E-state index contributed by atoms with van der Waals surface area (Å²) in [5.41, 5.74) is 0. The van der Waals surface area contributed by atoms with Crippen LogP contribution in [0, 0.1) is 0 Å². The number of halogens is 1. The molecule has 6 heteroatoms. The Kier molecular flexibility index (Phi) is 6.14. The molecule has 0 radical (unpaired) electrons. The van der Waals surface area contributed by atoms with Crippen LogP contribution in [-0.4, -0.2) is 21.8 Å². The summed E-state index contributed by atoms with van der Waals surface area (Å²) < 4.78 is 14.4. The zero-order valence-electron chi connectivity index (χ0n) is 6.94. The van der Waals surface area contributed by atoms with Crippen LogP contribution in [0.25, 0.3) is 0 Å². The molecule has 0 aliphatic heterocycles. The maximum atomic E-state index is 10.2. The van der Waals surface area contributed by atoms with Gasteiger partial charge in [0.1, 0.15) is 0 Å². The molecular weight excluding hydrogens is 202 g/mol. The van der Waals surface area contributed by atoms with E-state index < -0.39 is 7.82 Å². The van der Waals surface area contributed by atoms with Crippen molar-refractivity contribution >= 4 is 19.4 Å². The van der Waals surface area contributed by atoms with Crippen LogP contribution in [-0.2, 0) is 9.09 Å². The van der Waals surface area contributed by atoms with E-state index in [1.54, 1.807) is 0 Å². The van der Waals surface area contributed by atoms with Crippen molar-refractivity contribution in [3.8, 4) is 0 Å². The van der Waals surface area contributed by atoms with E-state index in [4.69, 9.17) is 21.4 Å². The maximum Gasteiger partial charge on any atom is 0.469 e. The van der Waals surface area contributed by atoms with Crippen LogP contribution in [0.3, 0.4) is 0 Å². The molecule has 1 atom stereocenters. The molecule has 0 aromatic carbocycles. The molecule has 0 fully saturated rings. The van der Waals surface area contributed by atoms with Gasteiger partial charge in [0.25, 0.3) is 0 Å².